The summed E-state index contributed by atoms with van der Waals surface area (Å²) in [6, 6.07) is 8.82. The summed E-state index contributed by atoms with van der Waals surface area (Å²) in [6.07, 6.45) is 4.05. The Morgan fingerprint density at radius 1 is 1.10 bits per heavy atom. The first-order chi connectivity index (χ1) is 10.1. The zero-order chi connectivity index (χ0) is 15.3. The molecule has 1 aliphatic carbocycles. The van der Waals surface area contributed by atoms with Crippen LogP contribution in [-0.4, -0.2) is 49.6 Å². The summed E-state index contributed by atoms with van der Waals surface area (Å²) in [5.41, 5.74) is 3.29. The molecule has 21 heavy (non-hydrogen) atoms. The van der Waals surface area contributed by atoms with Crippen LogP contribution in [0.15, 0.2) is 24.3 Å². The lowest BCUT2D eigenvalue weighted by molar-refractivity contribution is 0.0258. The van der Waals surface area contributed by atoms with E-state index in [1.807, 2.05) is 0 Å². The number of nitrogens with zero attached hydrogens (tertiary/aromatic N) is 2. The molecule has 0 amide bonds. The van der Waals surface area contributed by atoms with Crippen LogP contribution in [0.5, 0.6) is 0 Å². The van der Waals surface area contributed by atoms with Crippen molar-refractivity contribution < 1.29 is 0 Å². The van der Waals surface area contributed by atoms with E-state index in [1.54, 1.807) is 0 Å². The first kappa shape index (κ1) is 16.5. The molecule has 0 unspecified atom stereocenters. The van der Waals surface area contributed by atoms with Gasteiger partial charge in [0.15, 0.2) is 0 Å². The highest BCUT2D eigenvalue weighted by atomic mass is 15.2. The third-order valence-electron chi connectivity index (χ3n) is 4.92. The summed E-state index contributed by atoms with van der Waals surface area (Å²) < 4.78 is 0. The second-order valence-corrected chi connectivity index (χ2v) is 6.69. The predicted octanol–water partition coefficient (Wildman–Crippen LogP) is 2.71. The van der Waals surface area contributed by atoms with E-state index in [-0.39, 0.29) is 0 Å². The van der Waals surface area contributed by atoms with Crippen LogP contribution in [0.3, 0.4) is 0 Å². The SMILES string of the molecule is CCNCc1ccccc1CN(C)CC1(N(C)C)CCC1. The van der Waals surface area contributed by atoms with Gasteiger partial charge >= 0.3 is 0 Å². The molecule has 0 heterocycles. The smallest absolute Gasteiger partial charge is 0.0330 e. The van der Waals surface area contributed by atoms with E-state index in [2.05, 4.69) is 67.4 Å². The number of likely N-dealkylation sites (N-methyl/N-ethyl adjacent to an activating group) is 2. The molecule has 1 aromatic rings. The van der Waals surface area contributed by atoms with E-state index < -0.39 is 0 Å². The Morgan fingerprint density at radius 2 is 1.76 bits per heavy atom. The molecule has 0 radical (unpaired) electrons. The lowest BCUT2D eigenvalue weighted by atomic mass is 9.75. The van der Waals surface area contributed by atoms with Crippen LogP contribution in [-0.2, 0) is 13.1 Å². The van der Waals surface area contributed by atoms with Crippen molar-refractivity contribution in [1.82, 2.24) is 15.1 Å². The molecule has 1 N–H and O–H groups in total. The van der Waals surface area contributed by atoms with Crippen molar-refractivity contribution in [3.63, 3.8) is 0 Å². The Balaban J connectivity index is 1.97. The molecular weight excluding hydrogens is 258 g/mol. The molecule has 0 bridgehead atoms. The monoisotopic (exact) mass is 289 g/mol. The average Bonchev–Trinajstić information content (AvgIpc) is 2.41. The highest BCUT2D eigenvalue weighted by molar-refractivity contribution is 5.27. The molecule has 0 saturated heterocycles. The Kier molecular flexibility index (Phi) is 5.80. The van der Waals surface area contributed by atoms with E-state index in [9.17, 15) is 0 Å². The fraction of sp³-hybridized carbons (Fsp3) is 0.667. The van der Waals surface area contributed by atoms with Gasteiger partial charge in [0.05, 0.1) is 0 Å². The van der Waals surface area contributed by atoms with Crippen LogP contribution in [0.4, 0.5) is 0 Å². The lowest BCUT2D eigenvalue weighted by Gasteiger charge is -2.49. The van der Waals surface area contributed by atoms with Crippen molar-refractivity contribution in [3.8, 4) is 0 Å². The van der Waals surface area contributed by atoms with E-state index in [4.69, 9.17) is 0 Å². The molecule has 1 fully saturated rings. The topological polar surface area (TPSA) is 18.5 Å². The first-order valence-electron chi connectivity index (χ1n) is 8.21. The molecule has 0 aliphatic heterocycles. The molecule has 2 rings (SSSR count). The standard InChI is InChI=1S/C18H31N3/c1-5-19-13-16-9-6-7-10-17(16)14-21(4)15-18(20(2)3)11-8-12-18/h6-7,9-10,19H,5,8,11-15H2,1-4H3. The number of hydrogen-bond donors (Lipinski definition) is 1. The Hall–Kier alpha value is -0.900. The van der Waals surface area contributed by atoms with Crippen molar-refractivity contribution in [3.05, 3.63) is 35.4 Å². The molecule has 1 aliphatic rings. The zero-order valence-electron chi connectivity index (χ0n) is 14.2. The first-order valence-corrected chi connectivity index (χ1v) is 8.21. The van der Waals surface area contributed by atoms with E-state index >= 15 is 0 Å². The van der Waals surface area contributed by atoms with Gasteiger partial charge in [-0.2, -0.15) is 0 Å². The summed E-state index contributed by atoms with van der Waals surface area (Å²) in [6.45, 7) is 6.35. The third-order valence-corrected chi connectivity index (χ3v) is 4.92. The van der Waals surface area contributed by atoms with Gasteiger partial charge in [-0.1, -0.05) is 31.2 Å². The van der Waals surface area contributed by atoms with Crippen molar-refractivity contribution >= 4 is 0 Å². The average molecular weight is 289 g/mol. The largest absolute Gasteiger partial charge is 0.313 e. The van der Waals surface area contributed by atoms with Gasteiger partial charge in [0.1, 0.15) is 0 Å². The minimum Gasteiger partial charge on any atom is -0.313 e. The second-order valence-electron chi connectivity index (χ2n) is 6.69. The minimum absolute atomic E-state index is 0.408. The van der Waals surface area contributed by atoms with Gasteiger partial charge in [0.25, 0.3) is 0 Å². The van der Waals surface area contributed by atoms with Gasteiger partial charge in [-0.3, -0.25) is 0 Å². The summed E-state index contributed by atoms with van der Waals surface area (Å²) in [4.78, 5) is 4.92. The second kappa shape index (κ2) is 7.39. The molecule has 1 aromatic carbocycles. The number of hydrogen-bond acceptors (Lipinski definition) is 3. The third kappa shape index (κ3) is 4.06. The van der Waals surface area contributed by atoms with Gasteiger partial charge in [-0.25, -0.2) is 0 Å². The predicted molar refractivity (Wildman–Crippen MR) is 90.4 cm³/mol. The maximum Gasteiger partial charge on any atom is 0.0330 e. The molecule has 0 atom stereocenters. The van der Waals surface area contributed by atoms with Crippen LogP contribution < -0.4 is 5.32 Å². The van der Waals surface area contributed by atoms with Crippen molar-refractivity contribution in [2.45, 2.75) is 44.8 Å². The van der Waals surface area contributed by atoms with Gasteiger partial charge in [0.2, 0.25) is 0 Å². The maximum absolute atomic E-state index is 3.44. The van der Waals surface area contributed by atoms with E-state index in [0.717, 1.165) is 26.2 Å². The minimum atomic E-state index is 0.408. The van der Waals surface area contributed by atoms with Gasteiger partial charge < -0.3 is 15.1 Å². The fourth-order valence-electron chi connectivity index (χ4n) is 3.32. The summed E-state index contributed by atoms with van der Waals surface area (Å²) in [5.74, 6) is 0. The molecule has 0 spiro atoms. The molecule has 3 heteroatoms. The summed E-state index contributed by atoms with van der Waals surface area (Å²) in [5, 5.41) is 3.44. The zero-order valence-corrected chi connectivity index (χ0v) is 14.2. The van der Waals surface area contributed by atoms with Gasteiger partial charge in [-0.05, 0) is 58.1 Å². The van der Waals surface area contributed by atoms with Crippen LogP contribution in [0.25, 0.3) is 0 Å². The van der Waals surface area contributed by atoms with E-state index in [1.165, 1.54) is 30.4 Å². The quantitative estimate of drug-likeness (QED) is 0.794. The van der Waals surface area contributed by atoms with Crippen molar-refractivity contribution in [1.29, 1.82) is 0 Å². The Morgan fingerprint density at radius 3 is 2.29 bits per heavy atom. The van der Waals surface area contributed by atoms with Gasteiger partial charge in [-0.15, -0.1) is 0 Å². The van der Waals surface area contributed by atoms with Gasteiger partial charge in [0, 0.05) is 25.2 Å². The highest BCUT2D eigenvalue weighted by Crippen LogP contribution is 2.36. The number of nitrogens with one attached hydrogen (secondary N) is 1. The maximum atomic E-state index is 3.44. The molecule has 0 aromatic heterocycles. The molecule has 1 saturated carbocycles. The summed E-state index contributed by atoms with van der Waals surface area (Å²) >= 11 is 0. The Labute approximate surface area is 130 Å². The summed E-state index contributed by atoms with van der Waals surface area (Å²) in [7, 11) is 6.71. The number of rotatable bonds is 8. The fourth-order valence-corrected chi connectivity index (χ4v) is 3.32. The molecular formula is C18H31N3. The van der Waals surface area contributed by atoms with Crippen LogP contribution in [0.2, 0.25) is 0 Å². The van der Waals surface area contributed by atoms with E-state index in [0.29, 0.717) is 5.54 Å². The van der Waals surface area contributed by atoms with Crippen LogP contribution in [0, 0.1) is 0 Å². The highest BCUT2D eigenvalue weighted by Gasteiger charge is 2.39. The Bertz CT molecular complexity index is 438. The normalized spacial score (nSPS) is 17.2. The van der Waals surface area contributed by atoms with Crippen LogP contribution >= 0.6 is 0 Å². The van der Waals surface area contributed by atoms with Crippen LogP contribution in [0.1, 0.15) is 37.3 Å². The molecule has 118 valence electrons. The van der Waals surface area contributed by atoms with Crippen molar-refractivity contribution in [2.24, 2.45) is 0 Å². The molecule has 3 nitrogen and oxygen atoms in total. The number of benzene rings is 1. The lowest BCUT2D eigenvalue weighted by Crippen LogP contribution is -2.56. The van der Waals surface area contributed by atoms with Crippen molar-refractivity contribution in [2.75, 3.05) is 34.2 Å².